The minimum Gasteiger partial charge on any atom is -0.497 e. The molecule has 0 bridgehead atoms. The van der Waals surface area contributed by atoms with Crippen LogP contribution in [0, 0.1) is 0 Å². The topological polar surface area (TPSA) is 54.1 Å². The molecule has 0 unspecified atom stereocenters. The van der Waals surface area contributed by atoms with Gasteiger partial charge in [-0.2, -0.15) is 0 Å². The summed E-state index contributed by atoms with van der Waals surface area (Å²) in [5.74, 6) is 0.590. The van der Waals surface area contributed by atoms with Crippen LogP contribution in [0.15, 0.2) is 83.9 Å². The second-order valence-electron chi connectivity index (χ2n) is 6.87. The summed E-state index contributed by atoms with van der Waals surface area (Å²) in [6.45, 7) is 0. The Labute approximate surface area is 190 Å². The van der Waals surface area contributed by atoms with E-state index in [0.717, 1.165) is 33.0 Å². The predicted octanol–water partition coefficient (Wildman–Crippen LogP) is 6.98. The van der Waals surface area contributed by atoms with Gasteiger partial charge < -0.3 is 15.0 Å². The van der Waals surface area contributed by atoms with Crippen molar-refractivity contribution >= 4 is 35.0 Å². The van der Waals surface area contributed by atoms with Crippen molar-refractivity contribution < 1.29 is 9.53 Å². The number of nitrogens with one attached hydrogen (secondary N) is 2. The van der Waals surface area contributed by atoms with Gasteiger partial charge in [-0.15, -0.1) is 11.8 Å². The van der Waals surface area contributed by atoms with Crippen molar-refractivity contribution in [1.82, 2.24) is 4.98 Å². The monoisotopic (exact) mass is 448 g/mol. The number of methoxy groups -OCH3 is 1. The van der Waals surface area contributed by atoms with Gasteiger partial charge in [-0.1, -0.05) is 23.7 Å². The van der Waals surface area contributed by atoms with Gasteiger partial charge in [0.15, 0.2) is 0 Å². The molecule has 4 aromatic rings. The average molecular weight is 449 g/mol. The standard InChI is InChI=1S/C25H21ClN2O2S/c1-30-18-8-5-16(6-9-18)21-15-19(31-2)10-11-20(21)25(29)28-17-7-12-23(26)22(14-17)24-4-3-13-27-24/h3-15,27H,1-2H3,(H,28,29). The Balaban J connectivity index is 1.68. The number of aromatic amines is 1. The van der Waals surface area contributed by atoms with Crippen molar-refractivity contribution in [1.29, 1.82) is 0 Å². The lowest BCUT2D eigenvalue weighted by Crippen LogP contribution is -2.13. The summed E-state index contributed by atoms with van der Waals surface area (Å²) in [5.41, 5.74) is 4.81. The summed E-state index contributed by atoms with van der Waals surface area (Å²) in [6.07, 6.45) is 3.86. The van der Waals surface area contributed by atoms with E-state index in [4.69, 9.17) is 16.3 Å². The molecule has 4 nitrogen and oxygen atoms in total. The van der Waals surface area contributed by atoms with Crippen molar-refractivity contribution in [3.63, 3.8) is 0 Å². The van der Waals surface area contributed by atoms with Crippen LogP contribution < -0.4 is 10.1 Å². The average Bonchev–Trinajstić information content (AvgIpc) is 3.34. The van der Waals surface area contributed by atoms with Gasteiger partial charge in [0.1, 0.15) is 5.75 Å². The first-order valence-corrected chi connectivity index (χ1v) is 11.3. The lowest BCUT2D eigenvalue weighted by molar-refractivity contribution is 0.102. The first-order valence-electron chi connectivity index (χ1n) is 9.66. The molecular weight excluding hydrogens is 428 g/mol. The van der Waals surface area contributed by atoms with Crippen LogP contribution in [0.5, 0.6) is 5.75 Å². The van der Waals surface area contributed by atoms with Crippen LogP contribution in [0.25, 0.3) is 22.4 Å². The zero-order chi connectivity index (χ0) is 21.8. The molecule has 2 N–H and O–H groups in total. The summed E-state index contributed by atoms with van der Waals surface area (Å²) in [7, 11) is 1.63. The predicted molar refractivity (Wildman–Crippen MR) is 129 cm³/mol. The second kappa shape index (κ2) is 9.33. The minimum absolute atomic E-state index is 0.182. The van der Waals surface area contributed by atoms with Gasteiger partial charge in [-0.25, -0.2) is 0 Å². The molecule has 4 rings (SSSR count). The maximum atomic E-state index is 13.2. The van der Waals surface area contributed by atoms with Crippen molar-refractivity contribution in [2.75, 3.05) is 18.7 Å². The largest absolute Gasteiger partial charge is 0.497 e. The summed E-state index contributed by atoms with van der Waals surface area (Å²) >= 11 is 8.00. The number of hydrogen-bond acceptors (Lipinski definition) is 3. The molecule has 0 aliphatic heterocycles. The molecule has 1 amide bonds. The lowest BCUT2D eigenvalue weighted by atomic mass is 9.99. The number of ether oxygens (including phenoxy) is 1. The molecule has 31 heavy (non-hydrogen) atoms. The highest BCUT2D eigenvalue weighted by molar-refractivity contribution is 7.98. The molecular formula is C25H21ClN2O2S. The zero-order valence-corrected chi connectivity index (χ0v) is 18.7. The molecule has 0 spiro atoms. The number of halogens is 1. The fraction of sp³-hybridized carbons (Fsp3) is 0.0800. The number of rotatable bonds is 6. The van der Waals surface area contributed by atoms with Gasteiger partial charge >= 0.3 is 0 Å². The number of aromatic nitrogens is 1. The fourth-order valence-electron chi connectivity index (χ4n) is 3.36. The molecule has 0 radical (unpaired) electrons. The molecule has 0 saturated carbocycles. The highest BCUT2D eigenvalue weighted by atomic mass is 35.5. The molecule has 3 aromatic carbocycles. The smallest absolute Gasteiger partial charge is 0.256 e. The molecule has 0 fully saturated rings. The van der Waals surface area contributed by atoms with Crippen LogP contribution in [-0.4, -0.2) is 24.3 Å². The van der Waals surface area contributed by atoms with E-state index in [1.54, 1.807) is 31.0 Å². The van der Waals surface area contributed by atoms with Gasteiger partial charge in [0.25, 0.3) is 5.91 Å². The molecule has 0 aliphatic carbocycles. The summed E-state index contributed by atoms with van der Waals surface area (Å²) < 4.78 is 5.26. The summed E-state index contributed by atoms with van der Waals surface area (Å²) in [4.78, 5) is 17.5. The van der Waals surface area contributed by atoms with Crippen molar-refractivity contribution in [3.05, 3.63) is 89.6 Å². The second-order valence-corrected chi connectivity index (χ2v) is 8.16. The minimum atomic E-state index is -0.182. The summed E-state index contributed by atoms with van der Waals surface area (Å²) in [6, 6.07) is 22.9. The van der Waals surface area contributed by atoms with Crippen LogP contribution in [0.2, 0.25) is 5.02 Å². The Morgan fingerprint density at radius 3 is 2.48 bits per heavy atom. The van der Waals surface area contributed by atoms with E-state index < -0.39 is 0 Å². The van der Waals surface area contributed by atoms with Crippen LogP contribution in [0.3, 0.4) is 0 Å². The van der Waals surface area contributed by atoms with Crippen molar-refractivity contribution in [3.8, 4) is 28.1 Å². The third-order valence-corrected chi connectivity index (χ3v) is 6.04. The molecule has 6 heteroatoms. The number of amides is 1. The van der Waals surface area contributed by atoms with E-state index in [1.807, 2.05) is 73.1 Å². The quantitative estimate of drug-likeness (QED) is 0.313. The number of thioether (sulfide) groups is 1. The van der Waals surface area contributed by atoms with E-state index in [9.17, 15) is 4.79 Å². The van der Waals surface area contributed by atoms with Gasteiger partial charge in [-0.3, -0.25) is 4.79 Å². The lowest BCUT2D eigenvalue weighted by Gasteiger charge is -2.13. The Bertz CT molecular complexity index is 1200. The number of carbonyl (C=O) groups is 1. The molecule has 0 saturated heterocycles. The maximum absolute atomic E-state index is 13.2. The van der Waals surface area contributed by atoms with E-state index in [-0.39, 0.29) is 5.91 Å². The van der Waals surface area contributed by atoms with E-state index in [1.165, 1.54) is 0 Å². The van der Waals surface area contributed by atoms with E-state index in [0.29, 0.717) is 16.3 Å². The van der Waals surface area contributed by atoms with Gasteiger partial charge in [0.05, 0.1) is 12.1 Å². The molecule has 1 aromatic heterocycles. The highest BCUT2D eigenvalue weighted by Crippen LogP contribution is 2.32. The Morgan fingerprint density at radius 2 is 1.81 bits per heavy atom. The SMILES string of the molecule is COc1ccc(-c2cc(SC)ccc2C(=O)Nc2ccc(Cl)c(-c3ccc[nH]3)c2)cc1. The molecule has 0 atom stereocenters. The number of anilines is 1. The number of carbonyl (C=O) groups excluding carboxylic acids is 1. The van der Waals surface area contributed by atoms with Crippen molar-refractivity contribution in [2.45, 2.75) is 4.90 Å². The van der Waals surface area contributed by atoms with Crippen LogP contribution in [-0.2, 0) is 0 Å². The third-order valence-electron chi connectivity index (χ3n) is 4.98. The number of hydrogen-bond donors (Lipinski definition) is 2. The van der Waals surface area contributed by atoms with Crippen molar-refractivity contribution in [2.24, 2.45) is 0 Å². The summed E-state index contributed by atoms with van der Waals surface area (Å²) in [5, 5.41) is 3.63. The molecule has 0 aliphatic rings. The Kier molecular flexibility index (Phi) is 6.35. The zero-order valence-electron chi connectivity index (χ0n) is 17.1. The van der Waals surface area contributed by atoms with E-state index in [2.05, 4.69) is 10.3 Å². The molecule has 1 heterocycles. The van der Waals surface area contributed by atoms with Gasteiger partial charge in [0, 0.05) is 33.6 Å². The normalized spacial score (nSPS) is 10.7. The van der Waals surface area contributed by atoms with Crippen LogP contribution >= 0.6 is 23.4 Å². The van der Waals surface area contributed by atoms with Gasteiger partial charge in [0.2, 0.25) is 0 Å². The van der Waals surface area contributed by atoms with E-state index >= 15 is 0 Å². The van der Waals surface area contributed by atoms with Crippen LogP contribution in [0.1, 0.15) is 10.4 Å². The van der Waals surface area contributed by atoms with Crippen LogP contribution in [0.4, 0.5) is 5.69 Å². The third kappa shape index (κ3) is 4.63. The highest BCUT2D eigenvalue weighted by Gasteiger charge is 2.15. The molecule has 156 valence electrons. The Morgan fingerprint density at radius 1 is 1.00 bits per heavy atom. The van der Waals surface area contributed by atoms with Gasteiger partial charge in [-0.05, 0) is 78.0 Å². The number of benzene rings is 3. The fourth-order valence-corrected chi connectivity index (χ4v) is 4.02. The first kappa shape index (κ1) is 21.1. The first-order chi connectivity index (χ1) is 15.1. The maximum Gasteiger partial charge on any atom is 0.256 e. The Hall–Kier alpha value is -3.15. The number of H-pyrrole nitrogens is 1.